The molecule has 1 aromatic rings. The highest BCUT2D eigenvalue weighted by atomic mass is 16.3. The maximum Gasteiger partial charge on any atom is 0.307 e. The van der Waals surface area contributed by atoms with Gasteiger partial charge in [-0.25, -0.2) is 4.90 Å². The molecule has 18 heavy (non-hydrogen) atoms. The van der Waals surface area contributed by atoms with E-state index in [4.69, 9.17) is 5.11 Å². The molecule has 93 valence electrons. The van der Waals surface area contributed by atoms with Crippen LogP contribution in [0.3, 0.4) is 0 Å². The van der Waals surface area contributed by atoms with E-state index in [9.17, 15) is 9.90 Å². The zero-order valence-electron chi connectivity index (χ0n) is 9.79. The van der Waals surface area contributed by atoms with E-state index >= 15 is 0 Å². The Balaban J connectivity index is 1.99. The zero-order chi connectivity index (χ0) is 13.1. The molecule has 0 fully saturated rings. The lowest BCUT2D eigenvalue weighted by Crippen LogP contribution is -2.26. The van der Waals surface area contributed by atoms with E-state index in [0.29, 0.717) is 5.84 Å². The van der Waals surface area contributed by atoms with Gasteiger partial charge in [-0.15, -0.1) is 0 Å². The van der Waals surface area contributed by atoms with Crippen LogP contribution in [0.15, 0.2) is 30.6 Å². The topological polar surface area (TPSA) is 86.9 Å². The van der Waals surface area contributed by atoms with Gasteiger partial charge >= 0.3 is 5.84 Å². The molecule has 1 radical (unpaired) electrons. The molecule has 1 aromatic carbocycles. The van der Waals surface area contributed by atoms with Gasteiger partial charge in [-0.3, -0.25) is 4.79 Å². The summed E-state index contributed by atoms with van der Waals surface area (Å²) in [7, 11) is 1.80. The highest BCUT2D eigenvalue weighted by Crippen LogP contribution is 2.27. The standard InChI is InChI=1S/C12H13N3O3/c1-15-5-4-13-11(15)7-12(18)14-9-3-2-8(16)6-10(9)17/h2-6,16-17H,7H2,1H3,(H,14,18)/q+1. The first kappa shape index (κ1) is 12.0. The summed E-state index contributed by atoms with van der Waals surface area (Å²) >= 11 is 0. The molecule has 0 bridgehead atoms. The highest BCUT2D eigenvalue weighted by Gasteiger charge is 2.23. The second-order valence-corrected chi connectivity index (χ2v) is 3.88. The predicted octanol–water partition coefficient (Wildman–Crippen LogP) is 0.577. The summed E-state index contributed by atoms with van der Waals surface area (Å²) in [5.41, 5.74) is 0.256. The Hall–Kier alpha value is -2.50. The smallest absolute Gasteiger partial charge is 0.307 e. The van der Waals surface area contributed by atoms with Crippen LogP contribution in [0, 0.1) is 0 Å². The molecule has 6 nitrogen and oxygen atoms in total. The molecule has 1 heterocycles. The van der Waals surface area contributed by atoms with Crippen molar-refractivity contribution in [3.05, 3.63) is 30.6 Å². The number of amides is 1. The Morgan fingerprint density at radius 1 is 1.44 bits per heavy atom. The number of rotatable bonds is 3. The maximum atomic E-state index is 11.7. The van der Waals surface area contributed by atoms with Gasteiger partial charge in [0.15, 0.2) is 6.20 Å². The number of anilines is 1. The first-order valence-corrected chi connectivity index (χ1v) is 5.34. The molecule has 0 unspecified atom stereocenters. The molecule has 3 N–H and O–H groups in total. The van der Waals surface area contributed by atoms with Crippen molar-refractivity contribution in [2.75, 3.05) is 12.4 Å². The third kappa shape index (κ3) is 2.60. The molecule has 0 saturated carbocycles. The van der Waals surface area contributed by atoms with Crippen LogP contribution >= 0.6 is 0 Å². The second kappa shape index (κ2) is 4.79. The monoisotopic (exact) mass is 247 g/mol. The third-order valence-electron chi connectivity index (χ3n) is 2.50. The normalized spacial score (nSPS) is 13.6. The Bertz CT molecular complexity index is 537. The van der Waals surface area contributed by atoms with Crippen LogP contribution in [0.4, 0.5) is 5.69 Å². The largest absolute Gasteiger partial charge is 0.508 e. The quantitative estimate of drug-likeness (QED) is 0.538. The first-order chi connectivity index (χ1) is 8.56. The van der Waals surface area contributed by atoms with Crippen LogP contribution in [-0.2, 0) is 4.79 Å². The number of phenolic OH excluding ortho intramolecular Hbond substituents is 2. The van der Waals surface area contributed by atoms with Crippen molar-refractivity contribution in [1.29, 1.82) is 0 Å². The Morgan fingerprint density at radius 3 is 2.83 bits per heavy atom. The molecule has 0 atom stereocenters. The molecule has 0 spiro atoms. The highest BCUT2D eigenvalue weighted by molar-refractivity contribution is 6.06. The Labute approximate surface area is 104 Å². The van der Waals surface area contributed by atoms with Crippen molar-refractivity contribution in [3.8, 4) is 11.5 Å². The van der Waals surface area contributed by atoms with Crippen LogP contribution < -0.4 is 10.3 Å². The van der Waals surface area contributed by atoms with Crippen LogP contribution in [0.5, 0.6) is 11.5 Å². The summed E-state index contributed by atoms with van der Waals surface area (Å²) in [6, 6.07) is 3.98. The number of nitrogens with zero attached hydrogens (tertiary/aromatic N) is 2. The van der Waals surface area contributed by atoms with E-state index in [1.165, 1.54) is 12.1 Å². The van der Waals surface area contributed by atoms with E-state index in [1.807, 2.05) is 0 Å². The van der Waals surface area contributed by atoms with Crippen LogP contribution in [0.2, 0.25) is 0 Å². The Kier molecular flexibility index (Phi) is 3.18. The van der Waals surface area contributed by atoms with Crippen molar-refractivity contribution < 1.29 is 15.0 Å². The average molecular weight is 247 g/mol. The fourth-order valence-corrected chi connectivity index (χ4v) is 1.53. The summed E-state index contributed by atoms with van der Waals surface area (Å²) in [6.45, 7) is 0. The van der Waals surface area contributed by atoms with Crippen molar-refractivity contribution in [2.45, 2.75) is 6.42 Å². The number of nitrogens with one attached hydrogen (secondary N) is 1. The SMILES string of the molecule is CN1C=C[N+]=C1CC(=O)Nc1ccc(O)cc1O. The van der Waals surface area contributed by atoms with Crippen molar-refractivity contribution >= 4 is 17.4 Å². The van der Waals surface area contributed by atoms with E-state index in [0.717, 1.165) is 6.07 Å². The maximum absolute atomic E-state index is 11.7. The lowest BCUT2D eigenvalue weighted by atomic mass is 10.2. The predicted molar refractivity (Wildman–Crippen MR) is 67.1 cm³/mol. The minimum absolute atomic E-state index is 0.0606. The van der Waals surface area contributed by atoms with Gasteiger partial charge in [-0.2, -0.15) is 0 Å². The lowest BCUT2D eigenvalue weighted by molar-refractivity contribution is -0.115. The van der Waals surface area contributed by atoms with Gasteiger partial charge in [0.05, 0.1) is 12.7 Å². The summed E-state index contributed by atoms with van der Waals surface area (Å²) < 4.78 is 0. The summed E-state index contributed by atoms with van der Waals surface area (Å²) in [6.07, 6.45) is 3.48. The van der Waals surface area contributed by atoms with E-state index in [1.54, 1.807) is 24.3 Å². The van der Waals surface area contributed by atoms with Gasteiger partial charge in [0.25, 0.3) is 0 Å². The fourth-order valence-electron chi connectivity index (χ4n) is 1.53. The molecule has 0 saturated heterocycles. The van der Waals surface area contributed by atoms with Gasteiger partial charge in [-0.05, 0) is 12.1 Å². The molecule has 0 aliphatic carbocycles. The number of carbonyl (C=O) groups is 1. The molecule has 1 amide bonds. The Morgan fingerprint density at radius 2 is 2.22 bits per heavy atom. The third-order valence-corrected chi connectivity index (χ3v) is 2.50. The molecule has 1 aliphatic heterocycles. The van der Waals surface area contributed by atoms with Gasteiger partial charge in [-0.1, -0.05) is 4.99 Å². The molecular weight excluding hydrogens is 234 g/mol. The summed E-state index contributed by atoms with van der Waals surface area (Å²) in [4.78, 5) is 17.5. The van der Waals surface area contributed by atoms with Crippen LogP contribution in [0.1, 0.15) is 6.42 Å². The molecule has 2 rings (SSSR count). The molecular formula is C12H13N3O3+. The first-order valence-electron chi connectivity index (χ1n) is 5.34. The number of aromatic hydroxyl groups is 2. The zero-order valence-corrected chi connectivity index (χ0v) is 9.79. The van der Waals surface area contributed by atoms with Gasteiger partial charge in [0, 0.05) is 6.07 Å². The van der Waals surface area contributed by atoms with Crippen molar-refractivity contribution in [1.82, 2.24) is 9.89 Å². The number of amidine groups is 1. The summed E-state index contributed by atoms with van der Waals surface area (Å²) in [5, 5.41) is 21.2. The number of hydrogen-bond donors (Lipinski definition) is 3. The average Bonchev–Trinajstić information content (AvgIpc) is 2.69. The number of carbonyl (C=O) groups excluding carboxylic acids is 1. The molecule has 0 aromatic heterocycles. The minimum atomic E-state index is -0.287. The second-order valence-electron chi connectivity index (χ2n) is 3.88. The van der Waals surface area contributed by atoms with Crippen LogP contribution in [0.25, 0.3) is 0 Å². The van der Waals surface area contributed by atoms with E-state index < -0.39 is 0 Å². The van der Waals surface area contributed by atoms with Crippen molar-refractivity contribution in [3.63, 3.8) is 0 Å². The van der Waals surface area contributed by atoms with E-state index in [-0.39, 0.29) is 29.5 Å². The fraction of sp³-hybridized carbons (Fsp3) is 0.167. The number of hydrogen-bond acceptors (Lipinski definition) is 5. The summed E-state index contributed by atoms with van der Waals surface area (Å²) in [5.74, 6) is 0.105. The van der Waals surface area contributed by atoms with Gasteiger partial charge in [0.2, 0.25) is 5.91 Å². The lowest BCUT2D eigenvalue weighted by Gasteiger charge is -2.07. The van der Waals surface area contributed by atoms with Crippen LogP contribution in [-0.4, -0.2) is 33.9 Å². The number of benzene rings is 1. The molecule has 1 aliphatic rings. The minimum Gasteiger partial charge on any atom is -0.508 e. The van der Waals surface area contributed by atoms with Gasteiger partial charge < -0.3 is 15.5 Å². The number of aliphatic imine (C=N–C) groups is 1. The molecule has 6 heteroatoms. The number of phenols is 2. The van der Waals surface area contributed by atoms with Crippen molar-refractivity contribution in [2.24, 2.45) is 0 Å². The van der Waals surface area contributed by atoms with Gasteiger partial charge in [0.1, 0.15) is 24.1 Å². The van der Waals surface area contributed by atoms with E-state index in [2.05, 4.69) is 10.3 Å².